The average molecular weight is 446 g/mol. The zero-order valence-corrected chi connectivity index (χ0v) is 18.6. The molecule has 6 heteroatoms. The van der Waals surface area contributed by atoms with Crippen molar-refractivity contribution in [3.05, 3.63) is 74.7 Å². The maximum absolute atomic E-state index is 14.8. The van der Waals surface area contributed by atoms with Gasteiger partial charge < -0.3 is 0 Å². The van der Waals surface area contributed by atoms with Crippen molar-refractivity contribution < 1.29 is 14.0 Å². The molecule has 2 aliphatic rings. The number of carbonyl (C=O) groups excluding carboxylic acids is 2. The van der Waals surface area contributed by atoms with Crippen molar-refractivity contribution in [1.29, 1.82) is 0 Å². The predicted molar refractivity (Wildman–Crippen MR) is 117 cm³/mol. The maximum Gasteiger partial charge on any atom is 0.232 e. The Labute approximate surface area is 185 Å². The summed E-state index contributed by atoms with van der Waals surface area (Å²) in [5.74, 6) is -1.47. The Kier molecular flexibility index (Phi) is 5.27. The molecule has 0 spiro atoms. The summed E-state index contributed by atoms with van der Waals surface area (Å²) in [6.45, 7) is 5.89. The summed E-state index contributed by atoms with van der Waals surface area (Å²) < 4.78 is 14.8. The number of carbonyl (C=O) groups is 2. The third-order valence-electron chi connectivity index (χ3n) is 5.90. The van der Waals surface area contributed by atoms with Crippen molar-refractivity contribution in [3.8, 4) is 0 Å². The molecule has 4 rings (SSSR count). The molecule has 1 unspecified atom stereocenters. The summed E-state index contributed by atoms with van der Waals surface area (Å²) in [6, 6.07) is 9.84. The van der Waals surface area contributed by atoms with Crippen LogP contribution in [-0.2, 0) is 9.59 Å². The predicted octanol–water partition coefficient (Wildman–Crippen LogP) is 6.60. The van der Waals surface area contributed by atoms with E-state index in [1.54, 1.807) is 17.0 Å². The van der Waals surface area contributed by atoms with E-state index in [0.29, 0.717) is 34.8 Å². The fourth-order valence-corrected chi connectivity index (χ4v) is 5.00. The van der Waals surface area contributed by atoms with E-state index in [0.717, 1.165) is 5.56 Å². The van der Waals surface area contributed by atoms with Gasteiger partial charge in [0.2, 0.25) is 5.91 Å². The zero-order valence-electron chi connectivity index (χ0n) is 17.1. The monoisotopic (exact) mass is 445 g/mol. The molecule has 1 atom stereocenters. The second-order valence-electron chi connectivity index (χ2n) is 8.86. The minimum atomic E-state index is -0.693. The molecule has 156 valence electrons. The van der Waals surface area contributed by atoms with Crippen LogP contribution in [0.15, 0.2) is 47.7 Å². The number of anilines is 1. The highest BCUT2D eigenvalue weighted by Crippen LogP contribution is 2.49. The number of hydrogen-bond acceptors (Lipinski definition) is 2. The molecule has 30 heavy (non-hydrogen) atoms. The maximum atomic E-state index is 14.8. The Morgan fingerprint density at radius 1 is 1.07 bits per heavy atom. The van der Waals surface area contributed by atoms with Crippen LogP contribution in [0.5, 0.6) is 0 Å². The number of amides is 1. The van der Waals surface area contributed by atoms with Gasteiger partial charge in [-0.05, 0) is 48.6 Å². The molecule has 0 aromatic heterocycles. The van der Waals surface area contributed by atoms with Crippen LogP contribution in [0.25, 0.3) is 0 Å². The highest BCUT2D eigenvalue weighted by molar-refractivity contribution is 6.32. The van der Waals surface area contributed by atoms with Crippen LogP contribution in [0.2, 0.25) is 10.0 Å². The molecule has 0 saturated carbocycles. The Hall–Kier alpha value is -2.17. The van der Waals surface area contributed by atoms with Crippen molar-refractivity contribution >= 4 is 40.6 Å². The summed E-state index contributed by atoms with van der Waals surface area (Å²) in [7, 11) is 0. The van der Waals surface area contributed by atoms with Crippen LogP contribution >= 0.6 is 23.2 Å². The highest BCUT2D eigenvalue weighted by Gasteiger charge is 2.45. The standard InChI is InChI=1S/C24H22Cl2FNO2/c1-13-7-8-14(9-17(13)26)28-19-11-24(2,3)12-20(29)23(19)15(10-21(28)30)22-16(25)5-4-6-18(22)27/h4-9,15H,10-12H2,1-3H3. The van der Waals surface area contributed by atoms with Crippen LogP contribution in [0.3, 0.4) is 0 Å². The summed E-state index contributed by atoms with van der Waals surface area (Å²) in [5, 5.41) is 0.771. The smallest absolute Gasteiger partial charge is 0.232 e. The van der Waals surface area contributed by atoms with E-state index >= 15 is 0 Å². The number of benzene rings is 2. The Morgan fingerprint density at radius 2 is 1.80 bits per heavy atom. The molecule has 0 N–H and O–H groups in total. The van der Waals surface area contributed by atoms with Gasteiger partial charge in [-0.2, -0.15) is 0 Å². The van der Waals surface area contributed by atoms with Gasteiger partial charge in [0.15, 0.2) is 5.78 Å². The first-order valence-electron chi connectivity index (χ1n) is 9.88. The molecule has 0 bridgehead atoms. The number of aryl methyl sites for hydroxylation is 1. The first-order valence-corrected chi connectivity index (χ1v) is 10.6. The number of Topliss-reactive ketones (excluding diaryl/α,β-unsaturated/α-hetero) is 1. The summed E-state index contributed by atoms with van der Waals surface area (Å²) in [5.41, 5.74) is 2.52. The first-order chi connectivity index (χ1) is 14.1. The third kappa shape index (κ3) is 3.57. The quantitative estimate of drug-likeness (QED) is 0.521. The van der Waals surface area contributed by atoms with Crippen LogP contribution in [-0.4, -0.2) is 11.7 Å². The number of rotatable bonds is 2. The lowest BCUT2D eigenvalue weighted by Gasteiger charge is -2.43. The van der Waals surface area contributed by atoms with Gasteiger partial charge in [0.25, 0.3) is 0 Å². The normalized spacial score (nSPS) is 21.1. The molecule has 2 aromatic rings. The zero-order chi connectivity index (χ0) is 21.8. The van der Waals surface area contributed by atoms with Gasteiger partial charge in [0, 0.05) is 45.6 Å². The van der Waals surface area contributed by atoms with Gasteiger partial charge in [0.1, 0.15) is 5.82 Å². The Balaban J connectivity index is 1.95. The van der Waals surface area contributed by atoms with Gasteiger partial charge in [-0.15, -0.1) is 0 Å². The van der Waals surface area contributed by atoms with Crippen molar-refractivity contribution in [1.82, 2.24) is 0 Å². The van der Waals surface area contributed by atoms with E-state index in [4.69, 9.17) is 23.2 Å². The number of nitrogens with zero attached hydrogens (tertiary/aromatic N) is 1. The van der Waals surface area contributed by atoms with Crippen LogP contribution in [0, 0.1) is 18.2 Å². The summed E-state index contributed by atoms with van der Waals surface area (Å²) >= 11 is 12.6. The first kappa shape index (κ1) is 21.1. The number of halogens is 3. The van der Waals surface area contributed by atoms with E-state index in [9.17, 15) is 14.0 Å². The molecule has 1 aliphatic heterocycles. The molecule has 2 aromatic carbocycles. The van der Waals surface area contributed by atoms with Crippen molar-refractivity contribution in [2.45, 2.75) is 46.0 Å². The Bertz CT molecular complexity index is 1090. The summed E-state index contributed by atoms with van der Waals surface area (Å²) in [4.78, 5) is 28.2. The molecule has 1 aliphatic carbocycles. The fourth-order valence-electron chi connectivity index (χ4n) is 4.53. The highest BCUT2D eigenvalue weighted by atomic mass is 35.5. The lowest BCUT2D eigenvalue weighted by atomic mass is 9.69. The molecule has 1 amide bonds. The lowest BCUT2D eigenvalue weighted by molar-refractivity contribution is -0.121. The van der Waals surface area contributed by atoms with Gasteiger partial charge in [-0.25, -0.2) is 4.39 Å². The topological polar surface area (TPSA) is 37.4 Å². The molecular formula is C24H22Cl2FNO2. The van der Waals surface area contributed by atoms with Crippen molar-refractivity contribution in [2.24, 2.45) is 5.41 Å². The van der Waals surface area contributed by atoms with Crippen molar-refractivity contribution in [2.75, 3.05) is 4.90 Å². The van der Waals surface area contributed by atoms with E-state index in [-0.39, 0.29) is 34.1 Å². The average Bonchev–Trinajstić information content (AvgIpc) is 2.62. The number of allylic oxidation sites excluding steroid dienone is 2. The van der Waals surface area contributed by atoms with Crippen molar-refractivity contribution in [3.63, 3.8) is 0 Å². The van der Waals surface area contributed by atoms with Gasteiger partial charge in [0.05, 0.1) is 5.69 Å². The minimum Gasteiger partial charge on any atom is -0.294 e. The second-order valence-corrected chi connectivity index (χ2v) is 9.67. The van der Waals surface area contributed by atoms with Crippen LogP contribution in [0.1, 0.15) is 50.2 Å². The number of hydrogen-bond donors (Lipinski definition) is 0. The van der Waals surface area contributed by atoms with Gasteiger partial charge in [-0.1, -0.05) is 49.2 Å². The number of ketones is 1. The summed E-state index contributed by atoms with van der Waals surface area (Å²) in [6.07, 6.45) is 0.829. The molecular weight excluding hydrogens is 424 g/mol. The largest absolute Gasteiger partial charge is 0.294 e. The molecule has 0 radical (unpaired) electrons. The van der Waals surface area contributed by atoms with E-state index < -0.39 is 11.7 Å². The van der Waals surface area contributed by atoms with Gasteiger partial charge >= 0.3 is 0 Å². The molecule has 0 fully saturated rings. The third-order valence-corrected chi connectivity index (χ3v) is 6.64. The minimum absolute atomic E-state index is 0.0306. The fraction of sp³-hybridized carbons (Fsp3) is 0.333. The Morgan fingerprint density at radius 3 is 2.47 bits per heavy atom. The van der Waals surface area contributed by atoms with Crippen LogP contribution in [0.4, 0.5) is 10.1 Å². The van der Waals surface area contributed by atoms with Gasteiger partial charge in [-0.3, -0.25) is 14.5 Å². The molecule has 3 nitrogen and oxygen atoms in total. The second kappa shape index (κ2) is 7.51. The molecule has 1 heterocycles. The SMILES string of the molecule is Cc1ccc(N2C(=O)CC(c3c(F)cccc3Cl)C3=C2CC(C)(C)CC3=O)cc1Cl. The van der Waals surface area contributed by atoms with Crippen LogP contribution < -0.4 is 4.90 Å². The lowest BCUT2D eigenvalue weighted by Crippen LogP contribution is -2.44. The molecule has 0 saturated heterocycles. The van der Waals surface area contributed by atoms with E-state index in [1.807, 2.05) is 32.9 Å². The van der Waals surface area contributed by atoms with E-state index in [2.05, 4.69) is 0 Å². The van der Waals surface area contributed by atoms with E-state index in [1.165, 1.54) is 12.1 Å².